The number of sulfone groups is 1. The highest BCUT2D eigenvalue weighted by molar-refractivity contribution is 7.95. The van der Waals surface area contributed by atoms with Crippen LogP contribution in [0.4, 0.5) is 10.1 Å². The third-order valence-electron chi connectivity index (χ3n) is 5.51. The largest absolute Gasteiger partial charge is 0.493 e. The van der Waals surface area contributed by atoms with Gasteiger partial charge in [0, 0.05) is 17.8 Å². The normalized spacial score (nSPS) is 19.8. The van der Waals surface area contributed by atoms with E-state index in [1.165, 1.54) is 43.4 Å². The van der Waals surface area contributed by atoms with Crippen molar-refractivity contribution in [3.05, 3.63) is 75.8 Å². The predicted octanol–water partition coefficient (Wildman–Crippen LogP) is 3.17. The van der Waals surface area contributed by atoms with Gasteiger partial charge >= 0.3 is 0 Å². The van der Waals surface area contributed by atoms with Crippen LogP contribution in [0, 0.1) is 17.1 Å². The second-order valence-corrected chi connectivity index (χ2v) is 9.23. The first-order valence-electron chi connectivity index (χ1n) is 9.45. The summed E-state index contributed by atoms with van der Waals surface area (Å²) in [6, 6.07) is 12.6. The zero-order valence-corrected chi connectivity index (χ0v) is 17.7. The monoisotopic (exact) mass is 441 g/mol. The summed E-state index contributed by atoms with van der Waals surface area (Å²) in [7, 11) is -0.668. The van der Waals surface area contributed by atoms with Crippen molar-refractivity contribution in [1.82, 2.24) is 0 Å². The lowest BCUT2D eigenvalue weighted by Gasteiger charge is -2.35. The fraction of sp³-hybridized carbons (Fsp3) is 0.227. The fourth-order valence-electron chi connectivity index (χ4n) is 4.11. The molecule has 2 aromatic carbocycles. The Kier molecular flexibility index (Phi) is 5.11. The molecule has 0 unspecified atom stereocenters. The van der Waals surface area contributed by atoms with Crippen LogP contribution < -0.4 is 20.1 Å². The molecule has 0 saturated heterocycles. The van der Waals surface area contributed by atoms with E-state index in [0.29, 0.717) is 28.4 Å². The van der Waals surface area contributed by atoms with E-state index in [4.69, 9.17) is 15.2 Å². The van der Waals surface area contributed by atoms with Gasteiger partial charge in [0.1, 0.15) is 11.6 Å². The Labute approximate surface area is 179 Å². The molecule has 2 aromatic rings. The minimum absolute atomic E-state index is 0.0921. The number of nitrogens with two attached hydrogens (primary N) is 1. The van der Waals surface area contributed by atoms with Crippen molar-refractivity contribution in [1.29, 1.82) is 5.26 Å². The number of ether oxygens (including phenoxy) is 2. The lowest BCUT2D eigenvalue weighted by atomic mass is 9.87. The first-order chi connectivity index (χ1) is 14.8. The van der Waals surface area contributed by atoms with Gasteiger partial charge in [-0.2, -0.15) is 5.26 Å². The molecule has 4 rings (SSSR count). The molecule has 0 bridgehead atoms. The highest BCUT2D eigenvalue weighted by Gasteiger charge is 2.45. The number of nitrogens with zero attached hydrogens (tertiary/aromatic N) is 2. The first-order valence-corrected chi connectivity index (χ1v) is 11.1. The van der Waals surface area contributed by atoms with E-state index >= 15 is 0 Å². The lowest BCUT2D eigenvalue weighted by Crippen LogP contribution is -2.34. The molecule has 2 heterocycles. The van der Waals surface area contributed by atoms with Gasteiger partial charge < -0.3 is 15.2 Å². The van der Waals surface area contributed by atoms with Gasteiger partial charge in [0.15, 0.2) is 21.3 Å². The van der Waals surface area contributed by atoms with Crippen molar-refractivity contribution in [2.75, 3.05) is 24.9 Å². The van der Waals surface area contributed by atoms with Crippen LogP contribution in [0.3, 0.4) is 0 Å². The maximum atomic E-state index is 13.5. The molecule has 160 valence electrons. The molecule has 2 N–H and O–H groups in total. The number of hydrogen-bond acceptors (Lipinski definition) is 7. The van der Waals surface area contributed by atoms with E-state index in [-0.39, 0.29) is 28.5 Å². The Bertz CT molecular complexity index is 1260. The number of nitriles is 1. The van der Waals surface area contributed by atoms with Crippen LogP contribution >= 0.6 is 0 Å². The Morgan fingerprint density at radius 2 is 1.81 bits per heavy atom. The van der Waals surface area contributed by atoms with Crippen LogP contribution in [0.25, 0.3) is 0 Å². The molecule has 0 aliphatic carbocycles. The maximum Gasteiger partial charge on any atom is 0.177 e. The number of methoxy groups -OCH3 is 2. The molecule has 0 fully saturated rings. The standard InChI is InChI=1S/C22H20FN3O4S/c1-29-18-8-3-13(11-19(18)30-2)20-16(12-24)22(25)26(15-6-4-14(23)5-7-15)17-9-10-31(27,28)21(17)20/h3-8,11,20H,9-10,25H2,1-2H3/t20-/m0/s1. The average Bonchev–Trinajstić information content (AvgIpc) is 3.08. The Balaban J connectivity index is 1.97. The highest BCUT2D eigenvalue weighted by Crippen LogP contribution is 2.49. The Morgan fingerprint density at radius 1 is 1.13 bits per heavy atom. The molecule has 0 amide bonds. The van der Waals surface area contributed by atoms with Crippen LogP contribution in [0.2, 0.25) is 0 Å². The molecular weight excluding hydrogens is 421 g/mol. The van der Waals surface area contributed by atoms with Crippen molar-refractivity contribution in [3.63, 3.8) is 0 Å². The second kappa shape index (κ2) is 7.63. The summed E-state index contributed by atoms with van der Waals surface area (Å²) in [5, 5.41) is 9.97. The van der Waals surface area contributed by atoms with Crippen molar-refractivity contribution in [2.45, 2.75) is 12.3 Å². The molecule has 9 heteroatoms. The number of allylic oxidation sites excluding steroid dienone is 3. The number of halogens is 1. The molecule has 31 heavy (non-hydrogen) atoms. The average molecular weight is 441 g/mol. The quantitative estimate of drug-likeness (QED) is 0.777. The Morgan fingerprint density at radius 3 is 2.42 bits per heavy atom. The molecule has 0 saturated carbocycles. The number of hydrogen-bond donors (Lipinski definition) is 1. The minimum Gasteiger partial charge on any atom is -0.493 e. The van der Waals surface area contributed by atoms with Crippen molar-refractivity contribution in [3.8, 4) is 17.6 Å². The van der Waals surface area contributed by atoms with Gasteiger partial charge in [0.05, 0.1) is 42.4 Å². The van der Waals surface area contributed by atoms with Crippen LogP contribution in [-0.4, -0.2) is 28.4 Å². The van der Waals surface area contributed by atoms with Gasteiger partial charge in [-0.1, -0.05) is 6.07 Å². The highest BCUT2D eigenvalue weighted by atomic mass is 32.2. The van der Waals surface area contributed by atoms with E-state index in [0.717, 1.165) is 0 Å². The number of anilines is 1. The van der Waals surface area contributed by atoms with Crippen LogP contribution in [-0.2, 0) is 9.84 Å². The number of benzene rings is 2. The summed E-state index contributed by atoms with van der Waals surface area (Å²) in [5.41, 5.74) is 8.03. The molecule has 0 aromatic heterocycles. The SMILES string of the molecule is COc1ccc([C@H]2C(C#N)=C(N)N(c3ccc(F)cc3)C3=C2S(=O)(=O)CC3)cc1OC. The second-order valence-electron chi connectivity index (χ2n) is 7.15. The summed E-state index contributed by atoms with van der Waals surface area (Å²) >= 11 is 0. The topological polar surface area (TPSA) is 106 Å². The van der Waals surface area contributed by atoms with E-state index < -0.39 is 21.6 Å². The van der Waals surface area contributed by atoms with Crippen molar-refractivity contribution < 1.29 is 22.3 Å². The third kappa shape index (κ3) is 3.29. The Hall–Kier alpha value is -3.51. The van der Waals surface area contributed by atoms with Crippen LogP contribution in [0.5, 0.6) is 11.5 Å². The van der Waals surface area contributed by atoms with Gasteiger partial charge in [-0.05, 0) is 42.0 Å². The minimum atomic E-state index is -3.64. The molecule has 2 aliphatic heterocycles. The van der Waals surface area contributed by atoms with Crippen molar-refractivity contribution >= 4 is 15.5 Å². The fourth-order valence-corrected chi connectivity index (χ4v) is 5.96. The molecule has 2 aliphatic rings. The lowest BCUT2D eigenvalue weighted by molar-refractivity contribution is 0.354. The van der Waals surface area contributed by atoms with Gasteiger partial charge in [-0.15, -0.1) is 0 Å². The van der Waals surface area contributed by atoms with Gasteiger partial charge in [0.2, 0.25) is 0 Å². The zero-order chi connectivity index (χ0) is 22.3. The molecule has 0 spiro atoms. The maximum absolute atomic E-state index is 13.5. The van der Waals surface area contributed by atoms with Crippen molar-refractivity contribution in [2.24, 2.45) is 5.73 Å². The summed E-state index contributed by atoms with van der Waals surface area (Å²) in [4.78, 5) is 1.67. The molecule has 1 atom stereocenters. The number of rotatable bonds is 4. The van der Waals surface area contributed by atoms with Crippen LogP contribution in [0.15, 0.2) is 64.5 Å². The molecular formula is C22H20FN3O4S. The molecule has 0 radical (unpaired) electrons. The van der Waals surface area contributed by atoms with E-state index in [9.17, 15) is 18.1 Å². The third-order valence-corrected chi connectivity index (χ3v) is 7.39. The van der Waals surface area contributed by atoms with E-state index in [1.807, 2.05) is 0 Å². The van der Waals surface area contributed by atoms with Crippen LogP contribution in [0.1, 0.15) is 17.9 Å². The summed E-state index contributed by atoms with van der Waals surface area (Å²) in [6.45, 7) is 0. The molecule has 7 nitrogen and oxygen atoms in total. The van der Waals surface area contributed by atoms with E-state index in [1.54, 1.807) is 18.2 Å². The first kappa shape index (κ1) is 20.8. The van der Waals surface area contributed by atoms with Gasteiger partial charge in [-0.25, -0.2) is 12.8 Å². The zero-order valence-electron chi connectivity index (χ0n) is 16.9. The summed E-state index contributed by atoms with van der Waals surface area (Å²) in [5.74, 6) is -0.386. The van der Waals surface area contributed by atoms with E-state index in [2.05, 4.69) is 6.07 Å². The van der Waals surface area contributed by atoms with Gasteiger partial charge in [0.25, 0.3) is 0 Å². The smallest absolute Gasteiger partial charge is 0.177 e. The van der Waals surface area contributed by atoms with Gasteiger partial charge in [-0.3, -0.25) is 4.90 Å². The summed E-state index contributed by atoms with van der Waals surface area (Å²) in [6.07, 6.45) is 0.234. The summed E-state index contributed by atoms with van der Waals surface area (Å²) < 4.78 is 50.3. The predicted molar refractivity (Wildman–Crippen MR) is 113 cm³/mol.